The summed E-state index contributed by atoms with van der Waals surface area (Å²) in [5.74, 6) is 1.57. The van der Waals surface area contributed by atoms with Gasteiger partial charge in [0.05, 0.1) is 30.3 Å². The van der Waals surface area contributed by atoms with Gasteiger partial charge in [-0.05, 0) is 32.4 Å². The van der Waals surface area contributed by atoms with Gasteiger partial charge in [-0.3, -0.25) is 10.1 Å². The topological polar surface area (TPSA) is 73.6 Å². The molecule has 1 N–H and O–H groups in total. The van der Waals surface area contributed by atoms with Crippen LogP contribution in [0.2, 0.25) is 0 Å². The predicted molar refractivity (Wildman–Crippen MR) is 70.7 cm³/mol. The summed E-state index contributed by atoms with van der Waals surface area (Å²) in [6.45, 7) is 0.984. The molecule has 0 unspecified atom stereocenters. The molecule has 19 heavy (non-hydrogen) atoms. The largest absolute Gasteiger partial charge is 0.496 e. The Morgan fingerprint density at radius 2 is 2.05 bits per heavy atom. The molecule has 0 aliphatic heterocycles. The maximum atomic E-state index is 10.8. The first-order chi connectivity index (χ1) is 9.12. The lowest BCUT2D eigenvalue weighted by Gasteiger charge is -2.35. The van der Waals surface area contributed by atoms with Crippen molar-refractivity contribution in [1.82, 2.24) is 5.32 Å². The van der Waals surface area contributed by atoms with Crippen molar-refractivity contribution in [1.29, 1.82) is 0 Å². The molecular weight excluding hydrogens is 248 g/mol. The van der Waals surface area contributed by atoms with Gasteiger partial charge in [-0.25, -0.2) is 0 Å². The van der Waals surface area contributed by atoms with Gasteiger partial charge < -0.3 is 14.8 Å². The first-order valence-corrected chi connectivity index (χ1v) is 6.27. The van der Waals surface area contributed by atoms with E-state index in [1.165, 1.54) is 19.2 Å². The van der Waals surface area contributed by atoms with Crippen molar-refractivity contribution in [2.45, 2.75) is 18.9 Å². The highest BCUT2D eigenvalue weighted by Gasteiger charge is 2.30. The molecule has 6 nitrogen and oxygen atoms in total. The standard InChI is InChI=1S/C13H18N2O4/c1-14-8-9-3-12(4-9)19-13-6-10(15(16)17)5-11(7-13)18-2/h5-7,9,12,14H,3-4,8H2,1-2H3. The number of nitro benzene ring substituents is 1. The van der Waals surface area contributed by atoms with E-state index in [-0.39, 0.29) is 11.8 Å². The van der Waals surface area contributed by atoms with Crippen molar-refractivity contribution in [3.05, 3.63) is 28.3 Å². The van der Waals surface area contributed by atoms with Crippen LogP contribution in [-0.2, 0) is 0 Å². The molecule has 1 aliphatic carbocycles. The number of nitrogens with zero attached hydrogens (tertiary/aromatic N) is 1. The lowest BCUT2D eigenvalue weighted by molar-refractivity contribution is -0.385. The van der Waals surface area contributed by atoms with E-state index < -0.39 is 4.92 Å². The number of nitrogens with one attached hydrogen (secondary N) is 1. The Hall–Kier alpha value is -1.82. The predicted octanol–water partition coefficient (Wildman–Crippen LogP) is 1.98. The summed E-state index contributed by atoms with van der Waals surface area (Å²) in [7, 11) is 3.41. The zero-order chi connectivity index (χ0) is 13.8. The SMILES string of the molecule is CNCC1CC(Oc2cc(OC)cc([N+](=O)[O-])c2)C1. The van der Waals surface area contributed by atoms with E-state index in [0.29, 0.717) is 17.4 Å². The van der Waals surface area contributed by atoms with Crippen molar-refractivity contribution < 1.29 is 14.4 Å². The minimum absolute atomic E-state index is 0.0135. The van der Waals surface area contributed by atoms with Crippen LogP contribution in [-0.4, -0.2) is 31.7 Å². The summed E-state index contributed by atoms with van der Waals surface area (Å²) in [6, 6.07) is 4.50. The molecule has 2 rings (SSSR count). The second-order valence-corrected chi connectivity index (χ2v) is 4.76. The molecule has 0 bridgehead atoms. The molecule has 0 aromatic heterocycles. The number of hydrogen-bond acceptors (Lipinski definition) is 5. The molecule has 1 aromatic carbocycles. The normalized spacial score (nSPS) is 21.6. The Morgan fingerprint density at radius 3 is 2.63 bits per heavy atom. The maximum Gasteiger partial charge on any atom is 0.276 e. The number of nitro groups is 1. The summed E-state index contributed by atoms with van der Waals surface area (Å²) >= 11 is 0. The van der Waals surface area contributed by atoms with E-state index in [4.69, 9.17) is 9.47 Å². The summed E-state index contributed by atoms with van der Waals surface area (Å²) in [5, 5.41) is 13.9. The van der Waals surface area contributed by atoms with Crippen LogP contribution in [0.5, 0.6) is 11.5 Å². The van der Waals surface area contributed by atoms with Crippen LogP contribution in [0, 0.1) is 16.0 Å². The number of methoxy groups -OCH3 is 1. The zero-order valence-electron chi connectivity index (χ0n) is 11.1. The van der Waals surface area contributed by atoms with Gasteiger partial charge in [0.1, 0.15) is 11.5 Å². The second kappa shape index (κ2) is 5.88. The van der Waals surface area contributed by atoms with Crippen molar-refractivity contribution in [3.8, 4) is 11.5 Å². The molecule has 1 aromatic rings. The Morgan fingerprint density at radius 1 is 1.37 bits per heavy atom. The summed E-state index contributed by atoms with van der Waals surface area (Å²) in [6.07, 6.45) is 2.10. The first kappa shape index (κ1) is 13.6. The molecule has 1 saturated carbocycles. The molecule has 0 atom stereocenters. The van der Waals surface area contributed by atoms with Crippen molar-refractivity contribution >= 4 is 5.69 Å². The minimum atomic E-state index is -0.444. The third kappa shape index (κ3) is 3.35. The Balaban J connectivity index is 2.00. The smallest absolute Gasteiger partial charge is 0.276 e. The lowest BCUT2D eigenvalue weighted by atomic mass is 9.82. The molecule has 0 heterocycles. The van der Waals surface area contributed by atoms with Gasteiger partial charge in [0.2, 0.25) is 0 Å². The van der Waals surface area contributed by atoms with Gasteiger partial charge in [0.15, 0.2) is 0 Å². The third-order valence-corrected chi connectivity index (χ3v) is 3.30. The zero-order valence-corrected chi connectivity index (χ0v) is 11.1. The van der Waals surface area contributed by atoms with Gasteiger partial charge in [0, 0.05) is 6.07 Å². The van der Waals surface area contributed by atoms with Crippen LogP contribution in [0.25, 0.3) is 0 Å². The number of non-ortho nitro benzene ring substituents is 1. The van der Waals surface area contributed by atoms with Gasteiger partial charge in [-0.15, -0.1) is 0 Å². The van der Waals surface area contributed by atoms with Gasteiger partial charge >= 0.3 is 0 Å². The van der Waals surface area contributed by atoms with Crippen molar-refractivity contribution in [3.63, 3.8) is 0 Å². The van der Waals surface area contributed by atoms with E-state index in [0.717, 1.165) is 19.4 Å². The van der Waals surface area contributed by atoms with Crippen LogP contribution in [0.4, 0.5) is 5.69 Å². The molecule has 6 heteroatoms. The number of rotatable bonds is 6. The number of ether oxygens (including phenoxy) is 2. The first-order valence-electron chi connectivity index (χ1n) is 6.27. The number of benzene rings is 1. The number of hydrogen-bond donors (Lipinski definition) is 1. The summed E-state index contributed by atoms with van der Waals surface area (Å²) in [5.41, 5.74) is -0.0135. The fourth-order valence-corrected chi connectivity index (χ4v) is 2.27. The van der Waals surface area contributed by atoms with Crippen LogP contribution in [0.3, 0.4) is 0 Å². The highest BCUT2D eigenvalue weighted by Crippen LogP contribution is 2.34. The molecule has 0 saturated heterocycles. The van der Waals surface area contributed by atoms with Crippen LogP contribution in [0.1, 0.15) is 12.8 Å². The van der Waals surface area contributed by atoms with Crippen molar-refractivity contribution in [2.24, 2.45) is 5.92 Å². The molecule has 0 radical (unpaired) electrons. The molecule has 1 aliphatic rings. The Bertz CT molecular complexity index is 458. The monoisotopic (exact) mass is 266 g/mol. The van der Waals surface area contributed by atoms with Crippen molar-refractivity contribution in [2.75, 3.05) is 20.7 Å². The van der Waals surface area contributed by atoms with Crippen LogP contribution in [0.15, 0.2) is 18.2 Å². The van der Waals surface area contributed by atoms with Gasteiger partial charge in [-0.2, -0.15) is 0 Å². The fraction of sp³-hybridized carbons (Fsp3) is 0.538. The van der Waals surface area contributed by atoms with E-state index in [9.17, 15) is 10.1 Å². The van der Waals surface area contributed by atoms with Crippen LogP contribution < -0.4 is 14.8 Å². The summed E-state index contributed by atoms with van der Waals surface area (Å²) in [4.78, 5) is 10.4. The van der Waals surface area contributed by atoms with E-state index in [1.807, 2.05) is 7.05 Å². The highest BCUT2D eigenvalue weighted by atomic mass is 16.6. The maximum absolute atomic E-state index is 10.8. The lowest BCUT2D eigenvalue weighted by Crippen LogP contribution is -2.38. The molecule has 104 valence electrons. The minimum Gasteiger partial charge on any atom is -0.496 e. The molecular formula is C13H18N2O4. The Labute approximate surface area is 111 Å². The average molecular weight is 266 g/mol. The molecule has 0 spiro atoms. The molecule has 0 amide bonds. The Kier molecular flexibility index (Phi) is 4.21. The van der Waals surface area contributed by atoms with Crippen LogP contribution >= 0.6 is 0 Å². The van der Waals surface area contributed by atoms with E-state index in [2.05, 4.69) is 5.32 Å². The average Bonchev–Trinajstić information content (AvgIpc) is 2.35. The quantitative estimate of drug-likeness (QED) is 0.629. The van der Waals surface area contributed by atoms with E-state index >= 15 is 0 Å². The fourth-order valence-electron chi connectivity index (χ4n) is 2.27. The highest BCUT2D eigenvalue weighted by molar-refractivity contribution is 5.46. The molecule has 1 fully saturated rings. The van der Waals surface area contributed by atoms with Gasteiger partial charge in [-0.1, -0.05) is 0 Å². The van der Waals surface area contributed by atoms with Gasteiger partial charge in [0.25, 0.3) is 5.69 Å². The third-order valence-electron chi connectivity index (χ3n) is 3.30. The second-order valence-electron chi connectivity index (χ2n) is 4.76. The van der Waals surface area contributed by atoms with E-state index in [1.54, 1.807) is 6.07 Å². The summed E-state index contributed by atoms with van der Waals surface area (Å²) < 4.78 is 10.8.